The fraction of sp³-hybridized carbons (Fsp3) is 0.0526. The van der Waals surface area contributed by atoms with Gasteiger partial charge in [0.2, 0.25) is 0 Å². The molecule has 0 unspecified atom stereocenters. The van der Waals surface area contributed by atoms with E-state index in [1.165, 1.54) is 5.56 Å². The highest BCUT2D eigenvalue weighted by Crippen LogP contribution is 2.19. The number of aromatic nitrogens is 1. The second kappa shape index (κ2) is 7.27. The second-order valence-corrected chi connectivity index (χ2v) is 6.21. The molecule has 24 heavy (non-hydrogen) atoms. The Balaban J connectivity index is 1.67. The standard InChI is InChI=1S/C19H16BrN3O/c1-13-6-8-14(9-7-13)22-15-10-11-18(21-12-15)23-19(24)16-4-2-3-5-17(16)20/h2-12,22H,1H3,(H,21,23,24). The number of amides is 1. The molecule has 0 fully saturated rings. The first-order valence-electron chi connectivity index (χ1n) is 7.47. The third kappa shape index (κ3) is 4.00. The van der Waals surface area contributed by atoms with Gasteiger partial charge < -0.3 is 10.6 Å². The van der Waals surface area contributed by atoms with Gasteiger partial charge in [0.25, 0.3) is 5.91 Å². The van der Waals surface area contributed by atoms with Gasteiger partial charge in [0, 0.05) is 10.2 Å². The molecule has 0 aliphatic heterocycles. The molecule has 4 nitrogen and oxygen atoms in total. The van der Waals surface area contributed by atoms with Crippen molar-refractivity contribution in [1.82, 2.24) is 4.98 Å². The summed E-state index contributed by atoms with van der Waals surface area (Å²) < 4.78 is 0.750. The summed E-state index contributed by atoms with van der Waals surface area (Å²) >= 11 is 3.37. The number of halogens is 1. The van der Waals surface area contributed by atoms with Crippen LogP contribution in [0.4, 0.5) is 17.2 Å². The Kier molecular flexibility index (Phi) is 4.91. The number of nitrogens with one attached hydrogen (secondary N) is 2. The average molecular weight is 382 g/mol. The van der Waals surface area contributed by atoms with Crippen molar-refractivity contribution in [2.45, 2.75) is 6.92 Å². The summed E-state index contributed by atoms with van der Waals surface area (Å²) in [7, 11) is 0. The van der Waals surface area contributed by atoms with E-state index in [1.54, 1.807) is 18.3 Å². The van der Waals surface area contributed by atoms with Crippen LogP contribution >= 0.6 is 15.9 Å². The highest BCUT2D eigenvalue weighted by atomic mass is 79.9. The van der Waals surface area contributed by atoms with Gasteiger partial charge in [-0.05, 0) is 59.3 Å². The van der Waals surface area contributed by atoms with E-state index in [0.29, 0.717) is 11.4 Å². The van der Waals surface area contributed by atoms with Crippen molar-refractivity contribution in [2.24, 2.45) is 0 Å². The molecule has 0 atom stereocenters. The van der Waals surface area contributed by atoms with Gasteiger partial charge in [-0.15, -0.1) is 0 Å². The minimum Gasteiger partial charge on any atom is -0.354 e. The molecule has 0 saturated heterocycles. The van der Waals surface area contributed by atoms with Crippen LogP contribution in [0.25, 0.3) is 0 Å². The molecule has 5 heteroatoms. The lowest BCUT2D eigenvalue weighted by Crippen LogP contribution is -2.13. The normalized spacial score (nSPS) is 10.2. The van der Waals surface area contributed by atoms with Crippen LogP contribution in [0, 0.1) is 6.92 Å². The SMILES string of the molecule is Cc1ccc(Nc2ccc(NC(=O)c3ccccc3Br)nc2)cc1. The summed E-state index contributed by atoms with van der Waals surface area (Å²) in [6.07, 6.45) is 1.69. The highest BCUT2D eigenvalue weighted by Gasteiger charge is 2.09. The predicted molar refractivity (Wildman–Crippen MR) is 101 cm³/mol. The largest absolute Gasteiger partial charge is 0.354 e. The molecule has 1 aromatic heterocycles. The van der Waals surface area contributed by atoms with E-state index in [1.807, 2.05) is 55.5 Å². The Morgan fingerprint density at radius 3 is 2.33 bits per heavy atom. The van der Waals surface area contributed by atoms with Gasteiger partial charge in [0.05, 0.1) is 17.4 Å². The van der Waals surface area contributed by atoms with Crippen LogP contribution in [-0.2, 0) is 0 Å². The molecule has 0 aliphatic rings. The molecule has 0 radical (unpaired) electrons. The Labute approximate surface area is 149 Å². The van der Waals surface area contributed by atoms with Crippen LogP contribution in [0.2, 0.25) is 0 Å². The molecule has 1 amide bonds. The second-order valence-electron chi connectivity index (χ2n) is 5.36. The number of carbonyl (C=O) groups excluding carboxylic acids is 1. The minimum atomic E-state index is -0.200. The Hall–Kier alpha value is -2.66. The maximum atomic E-state index is 12.2. The number of pyridine rings is 1. The zero-order chi connectivity index (χ0) is 16.9. The van der Waals surface area contributed by atoms with Crippen molar-refractivity contribution in [2.75, 3.05) is 10.6 Å². The van der Waals surface area contributed by atoms with Crippen molar-refractivity contribution in [3.63, 3.8) is 0 Å². The number of anilines is 3. The molecule has 120 valence electrons. The molecule has 3 aromatic rings. The van der Waals surface area contributed by atoms with Crippen molar-refractivity contribution in [1.29, 1.82) is 0 Å². The van der Waals surface area contributed by atoms with E-state index in [2.05, 4.69) is 31.5 Å². The van der Waals surface area contributed by atoms with Gasteiger partial charge in [0.15, 0.2) is 0 Å². The lowest BCUT2D eigenvalue weighted by molar-refractivity contribution is 0.102. The summed E-state index contributed by atoms with van der Waals surface area (Å²) in [6, 6.07) is 19.0. The van der Waals surface area contributed by atoms with Crippen LogP contribution in [0.1, 0.15) is 15.9 Å². The van der Waals surface area contributed by atoms with Gasteiger partial charge >= 0.3 is 0 Å². The minimum absolute atomic E-state index is 0.200. The fourth-order valence-corrected chi connectivity index (χ4v) is 2.64. The van der Waals surface area contributed by atoms with Crippen LogP contribution in [-0.4, -0.2) is 10.9 Å². The monoisotopic (exact) mass is 381 g/mol. The molecule has 3 rings (SSSR count). The van der Waals surface area contributed by atoms with E-state index in [4.69, 9.17) is 0 Å². The van der Waals surface area contributed by atoms with Crippen LogP contribution < -0.4 is 10.6 Å². The van der Waals surface area contributed by atoms with Crippen molar-refractivity contribution in [3.05, 3.63) is 82.5 Å². The molecule has 0 saturated carbocycles. The Bertz CT molecular complexity index is 845. The molecular formula is C19H16BrN3O. The zero-order valence-electron chi connectivity index (χ0n) is 13.1. The first kappa shape index (κ1) is 16.2. The molecule has 0 aliphatic carbocycles. The van der Waals surface area contributed by atoms with E-state index < -0.39 is 0 Å². The van der Waals surface area contributed by atoms with Crippen LogP contribution in [0.15, 0.2) is 71.3 Å². The summed E-state index contributed by atoms with van der Waals surface area (Å²) in [6.45, 7) is 2.05. The van der Waals surface area contributed by atoms with Gasteiger partial charge in [-0.3, -0.25) is 4.79 Å². The molecule has 2 aromatic carbocycles. The summed E-state index contributed by atoms with van der Waals surface area (Å²) in [5, 5.41) is 6.06. The predicted octanol–water partition coefficient (Wildman–Crippen LogP) is 5.15. The fourth-order valence-electron chi connectivity index (χ4n) is 2.17. The van der Waals surface area contributed by atoms with Crippen molar-refractivity contribution >= 4 is 39.0 Å². The molecule has 1 heterocycles. The topological polar surface area (TPSA) is 54.0 Å². The smallest absolute Gasteiger partial charge is 0.257 e. The first-order valence-corrected chi connectivity index (χ1v) is 8.27. The maximum Gasteiger partial charge on any atom is 0.257 e. The highest BCUT2D eigenvalue weighted by molar-refractivity contribution is 9.10. The third-order valence-corrected chi connectivity index (χ3v) is 4.16. The average Bonchev–Trinajstić information content (AvgIpc) is 2.59. The van der Waals surface area contributed by atoms with E-state index in [0.717, 1.165) is 15.8 Å². The lowest BCUT2D eigenvalue weighted by Gasteiger charge is -2.09. The van der Waals surface area contributed by atoms with Crippen LogP contribution in [0.5, 0.6) is 0 Å². The number of hydrogen-bond donors (Lipinski definition) is 2. The van der Waals surface area contributed by atoms with Crippen LogP contribution in [0.3, 0.4) is 0 Å². The summed E-state index contributed by atoms with van der Waals surface area (Å²) in [5.74, 6) is 0.305. The quantitative estimate of drug-likeness (QED) is 0.656. The van der Waals surface area contributed by atoms with Gasteiger partial charge in [0.1, 0.15) is 5.82 Å². The molecular weight excluding hydrogens is 366 g/mol. The van der Waals surface area contributed by atoms with Gasteiger partial charge in [-0.1, -0.05) is 29.8 Å². The summed E-state index contributed by atoms with van der Waals surface area (Å²) in [4.78, 5) is 16.5. The molecule has 0 spiro atoms. The molecule has 2 N–H and O–H groups in total. The van der Waals surface area contributed by atoms with E-state index in [9.17, 15) is 4.79 Å². The zero-order valence-corrected chi connectivity index (χ0v) is 14.7. The van der Waals surface area contributed by atoms with Crippen molar-refractivity contribution < 1.29 is 4.79 Å². The maximum absolute atomic E-state index is 12.2. The molecule has 0 bridgehead atoms. The number of aryl methyl sites for hydroxylation is 1. The van der Waals surface area contributed by atoms with Crippen molar-refractivity contribution in [3.8, 4) is 0 Å². The van der Waals surface area contributed by atoms with E-state index >= 15 is 0 Å². The number of rotatable bonds is 4. The van der Waals surface area contributed by atoms with E-state index in [-0.39, 0.29) is 5.91 Å². The first-order chi connectivity index (χ1) is 11.6. The summed E-state index contributed by atoms with van der Waals surface area (Å²) in [5.41, 5.74) is 3.63. The Morgan fingerprint density at radius 2 is 1.67 bits per heavy atom. The number of nitrogens with zero attached hydrogens (tertiary/aromatic N) is 1. The Morgan fingerprint density at radius 1 is 0.958 bits per heavy atom. The third-order valence-electron chi connectivity index (χ3n) is 3.46. The lowest BCUT2D eigenvalue weighted by atomic mass is 10.2. The number of carbonyl (C=O) groups is 1. The van der Waals surface area contributed by atoms with Gasteiger partial charge in [-0.25, -0.2) is 4.98 Å². The van der Waals surface area contributed by atoms with Gasteiger partial charge in [-0.2, -0.15) is 0 Å². The number of hydrogen-bond acceptors (Lipinski definition) is 3. The number of benzene rings is 2.